The molecule has 3 aromatic rings. The van der Waals surface area contributed by atoms with Gasteiger partial charge in [-0.1, -0.05) is 41.4 Å². The first-order chi connectivity index (χ1) is 11.7. The fraction of sp³-hybridized carbons (Fsp3) is 0.0556. The minimum Gasteiger partial charge on any atom is -0.277 e. The average Bonchev–Trinajstić information content (AvgIpc) is 3.08. The first-order valence-electron chi connectivity index (χ1n) is 7.18. The van der Waals surface area contributed by atoms with E-state index >= 15 is 0 Å². The van der Waals surface area contributed by atoms with Crippen molar-refractivity contribution in [1.29, 1.82) is 5.26 Å². The number of hydrogen-bond donors (Lipinski definition) is 1. The van der Waals surface area contributed by atoms with Crippen molar-refractivity contribution < 1.29 is 0 Å². The molecule has 1 heterocycles. The van der Waals surface area contributed by atoms with E-state index in [1.807, 2.05) is 60.8 Å². The zero-order chi connectivity index (χ0) is 16.9. The number of aromatic nitrogens is 1. The topological polar surface area (TPSA) is 61.1 Å². The Hall–Kier alpha value is -2.68. The molecule has 0 bridgehead atoms. The maximum Gasteiger partial charge on any atom is 0.196 e. The van der Waals surface area contributed by atoms with Gasteiger partial charge in [0, 0.05) is 16.0 Å². The summed E-state index contributed by atoms with van der Waals surface area (Å²) in [5, 5.41) is 16.7. The van der Waals surface area contributed by atoms with Crippen LogP contribution in [0.4, 0.5) is 5.69 Å². The third-order valence-corrected chi connectivity index (χ3v) is 4.40. The zero-order valence-corrected chi connectivity index (χ0v) is 14.4. The molecule has 6 heteroatoms. The monoisotopic (exact) mass is 352 g/mol. The molecule has 2 aromatic carbocycles. The highest BCUT2D eigenvalue weighted by molar-refractivity contribution is 7.12. The van der Waals surface area contributed by atoms with E-state index in [2.05, 4.69) is 21.6 Å². The Labute approximate surface area is 149 Å². The fourth-order valence-corrected chi connectivity index (χ4v) is 2.90. The van der Waals surface area contributed by atoms with E-state index < -0.39 is 0 Å². The van der Waals surface area contributed by atoms with Gasteiger partial charge in [0.15, 0.2) is 10.7 Å². The summed E-state index contributed by atoms with van der Waals surface area (Å²) in [4.78, 5) is 4.49. The second-order valence-electron chi connectivity index (χ2n) is 5.09. The smallest absolute Gasteiger partial charge is 0.196 e. The van der Waals surface area contributed by atoms with Crippen LogP contribution >= 0.6 is 22.9 Å². The summed E-state index contributed by atoms with van der Waals surface area (Å²) in [5.41, 5.74) is 6.88. The number of anilines is 1. The normalized spacial score (nSPS) is 11.1. The van der Waals surface area contributed by atoms with Crippen LogP contribution in [0.1, 0.15) is 10.6 Å². The van der Waals surface area contributed by atoms with Gasteiger partial charge in [0.25, 0.3) is 0 Å². The van der Waals surface area contributed by atoms with Crippen LogP contribution in [-0.4, -0.2) is 10.7 Å². The van der Waals surface area contributed by atoms with Crippen LogP contribution in [0.25, 0.3) is 11.3 Å². The number of nitriles is 1. The number of hydrogen-bond acceptors (Lipinski definition) is 5. The van der Waals surface area contributed by atoms with E-state index in [1.54, 1.807) is 0 Å². The lowest BCUT2D eigenvalue weighted by atomic mass is 10.2. The molecule has 4 nitrogen and oxygen atoms in total. The Kier molecular flexibility index (Phi) is 4.90. The third kappa shape index (κ3) is 3.80. The zero-order valence-electron chi connectivity index (χ0n) is 12.8. The molecular weight excluding hydrogens is 340 g/mol. The molecule has 0 aliphatic carbocycles. The van der Waals surface area contributed by atoms with Gasteiger partial charge < -0.3 is 0 Å². The second kappa shape index (κ2) is 7.26. The first kappa shape index (κ1) is 16.2. The number of thiazole rings is 1. The van der Waals surface area contributed by atoms with Gasteiger partial charge in [0.1, 0.15) is 6.07 Å². The molecule has 0 aliphatic heterocycles. The van der Waals surface area contributed by atoms with Gasteiger partial charge >= 0.3 is 0 Å². The molecule has 3 rings (SSSR count). The number of nitrogens with zero attached hydrogens (tertiary/aromatic N) is 3. The molecule has 0 saturated carbocycles. The summed E-state index contributed by atoms with van der Waals surface area (Å²) in [7, 11) is 0. The molecular formula is C18H13ClN4S. The van der Waals surface area contributed by atoms with Gasteiger partial charge in [-0.2, -0.15) is 10.4 Å². The molecule has 0 atom stereocenters. The van der Waals surface area contributed by atoms with Crippen molar-refractivity contribution in [3.8, 4) is 17.3 Å². The highest BCUT2D eigenvalue weighted by Gasteiger charge is 2.10. The van der Waals surface area contributed by atoms with Gasteiger partial charge in [0.2, 0.25) is 0 Å². The Bertz CT molecular complexity index is 905. The van der Waals surface area contributed by atoms with E-state index in [-0.39, 0.29) is 5.71 Å². The summed E-state index contributed by atoms with van der Waals surface area (Å²) in [6.07, 6.45) is 0. The van der Waals surface area contributed by atoms with Crippen molar-refractivity contribution >= 4 is 34.3 Å². The number of nitrogens with one attached hydrogen (secondary N) is 1. The molecule has 0 saturated heterocycles. The van der Waals surface area contributed by atoms with E-state index in [0.717, 1.165) is 22.5 Å². The number of halogens is 1. The maximum atomic E-state index is 9.35. The summed E-state index contributed by atoms with van der Waals surface area (Å²) in [6.45, 7) is 2.02. The van der Waals surface area contributed by atoms with Crippen LogP contribution in [0.15, 0.2) is 59.0 Å². The van der Waals surface area contributed by atoms with Crippen molar-refractivity contribution in [1.82, 2.24) is 4.98 Å². The minimum atomic E-state index is 0.251. The SMILES string of the molecule is Cc1ccc(N/N=C(/C#N)c2nc(-c3ccc(Cl)cc3)cs2)cc1. The molecule has 0 unspecified atom stereocenters. The van der Waals surface area contributed by atoms with Crippen molar-refractivity contribution in [3.63, 3.8) is 0 Å². The van der Waals surface area contributed by atoms with Crippen molar-refractivity contribution in [3.05, 3.63) is 69.5 Å². The standard InChI is InChI=1S/C18H13ClN4S/c1-12-2-8-15(9-3-12)22-23-16(10-20)18-21-17(11-24-18)13-4-6-14(19)7-5-13/h2-9,11,22H,1H3/b23-16-. The third-order valence-electron chi connectivity index (χ3n) is 3.30. The van der Waals surface area contributed by atoms with Gasteiger partial charge in [-0.15, -0.1) is 11.3 Å². The highest BCUT2D eigenvalue weighted by Crippen LogP contribution is 2.24. The minimum absolute atomic E-state index is 0.251. The van der Waals surface area contributed by atoms with Crippen LogP contribution in [0, 0.1) is 18.3 Å². The lowest BCUT2D eigenvalue weighted by Gasteiger charge is -2.01. The number of rotatable bonds is 4. The number of aryl methyl sites for hydroxylation is 1. The molecule has 118 valence electrons. The largest absolute Gasteiger partial charge is 0.277 e. The van der Waals surface area contributed by atoms with Crippen molar-refractivity contribution in [2.45, 2.75) is 6.92 Å². The fourth-order valence-electron chi connectivity index (χ4n) is 2.00. The Morgan fingerprint density at radius 2 is 1.88 bits per heavy atom. The predicted molar refractivity (Wildman–Crippen MR) is 99.5 cm³/mol. The Morgan fingerprint density at radius 1 is 1.17 bits per heavy atom. The maximum absolute atomic E-state index is 9.35. The first-order valence-corrected chi connectivity index (χ1v) is 8.44. The second-order valence-corrected chi connectivity index (χ2v) is 6.39. The number of benzene rings is 2. The predicted octanol–water partition coefficient (Wildman–Crippen LogP) is 5.11. The Balaban J connectivity index is 1.81. The van der Waals surface area contributed by atoms with Crippen LogP contribution in [0.5, 0.6) is 0 Å². The van der Waals surface area contributed by atoms with E-state index in [1.165, 1.54) is 11.3 Å². The molecule has 1 N–H and O–H groups in total. The summed E-state index contributed by atoms with van der Waals surface area (Å²) < 4.78 is 0. The Morgan fingerprint density at radius 3 is 2.54 bits per heavy atom. The van der Waals surface area contributed by atoms with Crippen LogP contribution in [0.3, 0.4) is 0 Å². The van der Waals surface area contributed by atoms with Crippen LogP contribution in [0.2, 0.25) is 5.02 Å². The van der Waals surface area contributed by atoms with Gasteiger partial charge in [-0.25, -0.2) is 4.98 Å². The molecule has 0 amide bonds. The van der Waals surface area contributed by atoms with Gasteiger partial charge in [-0.3, -0.25) is 5.43 Å². The highest BCUT2D eigenvalue weighted by atomic mass is 35.5. The van der Waals surface area contributed by atoms with E-state index in [9.17, 15) is 5.26 Å². The van der Waals surface area contributed by atoms with E-state index in [0.29, 0.717) is 10.0 Å². The van der Waals surface area contributed by atoms with Gasteiger partial charge in [0.05, 0.1) is 11.4 Å². The molecule has 0 aliphatic rings. The van der Waals surface area contributed by atoms with Crippen molar-refractivity contribution in [2.75, 3.05) is 5.43 Å². The molecule has 24 heavy (non-hydrogen) atoms. The summed E-state index contributed by atoms with van der Waals surface area (Å²) >= 11 is 7.28. The lowest BCUT2D eigenvalue weighted by Crippen LogP contribution is -2.01. The summed E-state index contributed by atoms with van der Waals surface area (Å²) in [6, 6.07) is 17.3. The molecule has 0 radical (unpaired) electrons. The molecule has 0 fully saturated rings. The summed E-state index contributed by atoms with van der Waals surface area (Å²) in [5.74, 6) is 0. The average molecular weight is 353 g/mol. The molecule has 1 aromatic heterocycles. The van der Waals surface area contributed by atoms with Crippen LogP contribution in [-0.2, 0) is 0 Å². The lowest BCUT2D eigenvalue weighted by molar-refractivity contribution is 1.30. The quantitative estimate of drug-likeness (QED) is 0.524. The van der Waals surface area contributed by atoms with Crippen LogP contribution < -0.4 is 5.43 Å². The van der Waals surface area contributed by atoms with Gasteiger partial charge in [-0.05, 0) is 31.2 Å². The molecule has 0 spiro atoms. The van der Waals surface area contributed by atoms with E-state index in [4.69, 9.17) is 11.6 Å². The number of hydrazone groups is 1. The van der Waals surface area contributed by atoms with Crippen molar-refractivity contribution in [2.24, 2.45) is 5.10 Å².